The molecule has 0 heterocycles. The Morgan fingerprint density at radius 3 is 2.39 bits per heavy atom. The second-order valence-corrected chi connectivity index (χ2v) is 5.31. The molecule has 18 heavy (non-hydrogen) atoms. The van der Waals surface area contributed by atoms with Gasteiger partial charge in [0.25, 0.3) is 0 Å². The number of unbranched alkanes of at least 4 members (excludes halogenated alkanes) is 2. The Hall–Kier alpha value is -0.540. The third-order valence-electron chi connectivity index (χ3n) is 3.22. The fourth-order valence-corrected chi connectivity index (χ4v) is 1.79. The lowest BCUT2D eigenvalue weighted by molar-refractivity contribution is 0.581. The SMILES string of the molecule is CCC(N)C/C=C(/NCCCCCNC)C(C)C. The Labute approximate surface area is 114 Å². The molecule has 0 aromatic heterocycles. The molecule has 0 aromatic carbocycles. The zero-order valence-electron chi connectivity index (χ0n) is 12.8. The van der Waals surface area contributed by atoms with Gasteiger partial charge in [-0.05, 0) is 45.2 Å². The standard InChI is InChI=1S/C15H33N3/c1-5-14(16)9-10-15(13(2)3)18-12-8-6-7-11-17-4/h10,13-14,17-18H,5-9,11-12,16H2,1-4H3/b15-10+. The minimum absolute atomic E-state index is 0.302. The largest absolute Gasteiger partial charge is 0.388 e. The molecule has 0 saturated carbocycles. The molecule has 0 rings (SSSR count). The summed E-state index contributed by atoms with van der Waals surface area (Å²) in [4.78, 5) is 0. The van der Waals surface area contributed by atoms with Crippen molar-refractivity contribution < 1.29 is 0 Å². The van der Waals surface area contributed by atoms with Crippen molar-refractivity contribution in [1.29, 1.82) is 0 Å². The number of hydrogen-bond donors (Lipinski definition) is 3. The molecule has 0 saturated heterocycles. The first-order chi connectivity index (χ1) is 8.61. The summed E-state index contributed by atoms with van der Waals surface area (Å²) in [5.41, 5.74) is 7.31. The Bertz CT molecular complexity index is 212. The van der Waals surface area contributed by atoms with Gasteiger partial charge in [0.15, 0.2) is 0 Å². The van der Waals surface area contributed by atoms with E-state index in [-0.39, 0.29) is 0 Å². The first-order valence-electron chi connectivity index (χ1n) is 7.45. The molecule has 0 spiro atoms. The van der Waals surface area contributed by atoms with E-state index in [4.69, 9.17) is 5.73 Å². The highest BCUT2D eigenvalue weighted by Gasteiger charge is 2.03. The zero-order chi connectivity index (χ0) is 13.8. The smallest absolute Gasteiger partial charge is 0.0143 e. The molecule has 0 amide bonds. The van der Waals surface area contributed by atoms with Crippen molar-refractivity contribution in [3.05, 3.63) is 11.8 Å². The number of rotatable bonds is 11. The van der Waals surface area contributed by atoms with E-state index in [1.165, 1.54) is 25.0 Å². The van der Waals surface area contributed by atoms with Crippen molar-refractivity contribution in [2.45, 2.75) is 58.9 Å². The topological polar surface area (TPSA) is 50.1 Å². The summed E-state index contributed by atoms with van der Waals surface area (Å²) >= 11 is 0. The predicted molar refractivity (Wildman–Crippen MR) is 81.6 cm³/mol. The Morgan fingerprint density at radius 2 is 1.83 bits per heavy atom. The molecule has 1 unspecified atom stereocenters. The van der Waals surface area contributed by atoms with Crippen LogP contribution in [0.1, 0.15) is 52.9 Å². The van der Waals surface area contributed by atoms with Gasteiger partial charge < -0.3 is 16.4 Å². The van der Waals surface area contributed by atoms with Crippen molar-refractivity contribution >= 4 is 0 Å². The normalized spacial score (nSPS) is 14.0. The average Bonchev–Trinajstić information content (AvgIpc) is 2.36. The summed E-state index contributed by atoms with van der Waals surface area (Å²) in [7, 11) is 2.01. The fourth-order valence-electron chi connectivity index (χ4n) is 1.79. The van der Waals surface area contributed by atoms with Gasteiger partial charge in [0, 0.05) is 18.3 Å². The lowest BCUT2D eigenvalue weighted by Crippen LogP contribution is -2.22. The van der Waals surface area contributed by atoms with Crippen LogP contribution in [0.4, 0.5) is 0 Å². The molecule has 108 valence electrons. The monoisotopic (exact) mass is 255 g/mol. The number of nitrogens with two attached hydrogens (primary N) is 1. The summed E-state index contributed by atoms with van der Waals surface area (Å²) in [6.07, 6.45) is 8.11. The van der Waals surface area contributed by atoms with Gasteiger partial charge in [-0.15, -0.1) is 0 Å². The third-order valence-corrected chi connectivity index (χ3v) is 3.22. The second kappa shape index (κ2) is 11.5. The van der Waals surface area contributed by atoms with E-state index in [9.17, 15) is 0 Å². The lowest BCUT2D eigenvalue weighted by Gasteiger charge is -2.16. The molecule has 1 atom stereocenters. The molecule has 4 N–H and O–H groups in total. The minimum atomic E-state index is 0.302. The van der Waals surface area contributed by atoms with E-state index < -0.39 is 0 Å². The molecule has 3 heteroatoms. The van der Waals surface area contributed by atoms with Gasteiger partial charge in [0.05, 0.1) is 0 Å². The molecule has 0 aliphatic heterocycles. The van der Waals surface area contributed by atoms with Crippen LogP contribution in [-0.2, 0) is 0 Å². The second-order valence-electron chi connectivity index (χ2n) is 5.31. The Kier molecular flexibility index (Phi) is 11.2. The van der Waals surface area contributed by atoms with E-state index in [0.29, 0.717) is 12.0 Å². The van der Waals surface area contributed by atoms with Gasteiger partial charge in [-0.25, -0.2) is 0 Å². The highest BCUT2D eigenvalue weighted by Crippen LogP contribution is 2.09. The van der Waals surface area contributed by atoms with Crippen LogP contribution < -0.4 is 16.4 Å². The maximum atomic E-state index is 5.95. The molecular weight excluding hydrogens is 222 g/mol. The molecule has 0 aliphatic rings. The third kappa shape index (κ3) is 9.49. The molecule has 0 aliphatic carbocycles. The van der Waals surface area contributed by atoms with E-state index in [2.05, 4.69) is 37.5 Å². The minimum Gasteiger partial charge on any atom is -0.388 e. The molecule has 0 fully saturated rings. The van der Waals surface area contributed by atoms with Gasteiger partial charge in [-0.1, -0.05) is 33.3 Å². The maximum Gasteiger partial charge on any atom is 0.0143 e. The maximum absolute atomic E-state index is 5.95. The van der Waals surface area contributed by atoms with E-state index in [0.717, 1.165) is 25.9 Å². The van der Waals surface area contributed by atoms with Gasteiger partial charge in [-0.2, -0.15) is 0 Å². The summed E-state index contributed by atoms with van der Waals surface area (Å²) in [6.45, 7) is 8.81. The van der Waals surface area contributed by atoms with Crippen LogP contribution in [0.2, 0.25) is 0 Å². The number of allylic oxidation sites excluding steroid dienone is 1. The predicted octanol–water partition coefficient (Wildman–Crippen LogP) is 2.63. The van der Waals surface area contributed by atoms with Crippen molar-refractivity contribution in [3.8, 4) is 0 Å². The quantitative estimate of drug-likeness (QED) is 0.497. The van der Waals surface area contributed by atoms with Crippen LogP contribution in [0, 0.1) is 5.92 Å². The van der Waals surface area contributed by atoms with Gasteiger partial charge in [0.1, 0.15) is 0 Å². The van der Waals surface area contributed by atoms with E-state index >= 15 is 0 Å². The highest BCUT2D eigenvalue weighted by molar-refractivity contribution is 5.03. The first-order valence-corrected chi connectivity index (χ1v) is 7.45. The Morgan fingerprint density at radius 1 is 1.17 bits per heavy atom. The average molecular weight is 255 g/mol. The molecule has 0 radical (unpaired) electrons. The summed E-state index contributed by atoms with van der Waals surface area (Å²) in [5, 5.41) is 6.74. The number of nitrogens with one attached hydrogen (secondary N) is 2. The van der Waals surface area contributed by atoms with E-state index in [1.807, 2.05) is 7.05 Å². The lowest BCUT2D eigenvalue weighted by atomic mass is 10.1. The van der Waals surface area contributed by atoms with Crippen LogP contribution >= 0.6 is 0 Å². The summed E-state index contributed by atoms with van der Waals surface area (Å²) in [5.74, 6) is 0.561. The van der Waals surface area contributed by atoms with Crippen molar-refractivity contribution in [3.63, 3.8) is 0 Å². The van der Waals surface area contributed by atoms with Crippen LogP contribution in [0.3, 0.4) is 0 Å². The van der Waals surface area contributed by atoms with Crippen LogP contribution in [-0.4, -0.2) is 26.2 Å². The molecule has 0 bridgehead atoms. The number of hydrogen-bond acceptors (Lipinski definition) is 3. The van der Waals surface area contributed by atoms with Crippen molar-refractivity contribution in [2.75, 3.05) is 20.1 Å². The molecule has 3 nitrogen and oxygen atoms in total. The van der Waals surface area contributed by atoms with E-state index in [1.54, 1.807) is 0 Å². The van der Waals surface area contributed by atoms with Crippen LogP contribution in [0.25, 0.3) is 0 Å². The zero-order valence-corrected chi connectivity index (χ0v) is 12.8. The highest BCUT2D eigenvalue weighted by atomic mass is 14.9. The fraction of sp³-hybridized carbons (Fsp3) is 0.867. The van der Waals surface area contributed by atoms with Gasteiger partial charge in [0.2, 0.25) is 0 Å². The Balaban J connectivity index is 3.83. The summed E-state index contributed by atoms with van der Waals surface area (Å²) in [6, 6.07) is 0.302. The summed E-state index contributed by atoms with van der Waals surface area (Å²) < 4.78 is 0. The first kappa shape index (κ1) is 17.5. The molecular formula is C15H33N3. The van der Waals surface area contributed by atoms with Crippen LogP contribution in [0.15, 0.2) is 11.8 Å². The molecule has 0 aromatic rings. The van der Waals surface area contributed by atoms with Crippen molar-refractivity contribution in [2.24, 2.45) is 11.7 Å². The van der Waals surface area contributed by atoms with Gasteiger partial charge in [-0.3, -0.25) is 0 Å². The van der Waals surface area contributed by atoms with Crippen LogP contribution in [0.5, 0.6) is 0 Å². The van der Waals surface area contributed by atoms with Crippen molar-refractivity contribution in [1.82, 2.24) is 10.6 Å². The van der Waals surface area contributed by atoms with Gasteiger partial charge >= 0.3 is 0 Å².